The van der Waals surface area contributed by atoms with E-state index in [1.165, 1.54) is 6.39 Å². The molecule has 1 amide bonds. The van der Waals surface area contributed by atoms with E-state index in [1.807, 2.05) is 0 Å². The largest absolute Gasteiger partial charge is 0.438 e. The number of terminal acetylenes is 1. The van der Waals surface area contributed by atoms with Crippen molar-refractivity contribution >= 4 is 5.91 Å². The molecule has 1 aromatic rings. The van der Waals surface area contributed by atoms with Crippen LogP contribution < -0.4 is 5.32 Å². The molecule has 0 saturated heterocycles. The highest BCUT2D eigenvalue weighted by Gasteiger charge is 2.12. The Balaban J connectivity index is 2.26. The molecule has 0 aromatic carbocycles. The first-order chi connectivity index (χ1) is 7.25. The van der Waals surface area contributed by atoms with E-state index in [-0.39, 0.29) is 11.7 Å². The number of carbonyl (C=O) groups excluding carboxylic acids is 1. The van der Waals surface area contributed by atoms with Crippen molar-refractivity contribution in [3.8, 4) is 12.3 Å². The lowest BCUT2D eigenvalue weighted by Crippen LogP contribution is -2.24. The molecule has 1 heterocycles. The number of aromatic nitrogens is 1. The number of rotatable bonds is 5. The van der Waals surface area contributed by atoms with Crippen molar-refractivity contribution in [3.63, 3.8) is 0 Å². The molecule has 0 fully saturated rings. The summed E-state index contributed by atoms with van der Waals surface area (Å²) in [5.41, 5.74) is 0.608. The van der Waals surface area contributed by atoms with Gasteiger partial charge in [-0.1, -0.05) is 0 Å². The number of aryl methyl sites for hydroxylation is 1. The minimum Gasteiger partial charge on any atom is -0.438 e. The molecule has 0 unspecified atom stereocenters. The Bertz CT molecular complexity index is 363. The van der Waals surface area contributed by atoms with Gasteiger partial charge in [-0.05, 0) is 19.8 Å². The van der Waals surface area contributed by atoms with Crippen LogP contribution in [-0.2, 0) is 0 Å². The van der Waals surface area contributed by atoms with E-state index in [1.54, 1.807) is 6.92 Å². The van der Waals surface area contributed by atoms with Crippen molar-refractivity contribution in [2.24, 2.45) is 0 Å². The van der Waals surface area contributed by atoms with Gasteiger partial charge >= 0.3 is 0 Å². The Morgan fingerprint density at radius 2 is 2.47 bits per heavy atom. The number of oxazole rings is 1. The van der Waals surface area contributed by atoms with Crippen LogP contribution in [0, 0.1) is 19.3 Å². The molecular formula is C11H14N2O2. The molecule has 80 valence electrons. The van der Waals surface area contributed by atoms with Crippen LogP contribution in [-0.4, -0.2) is 17.4 Å². The van der Waals surface area contributed by atoms with Crippen molar-refractivity contribution in [3.05, 3.63) is 17.8 Å². The van der Waals surface area contributed by atoms with Crippen molar-refractivity contribution in [2.45, 2.75) is 26.2 Å². The zero-order chi connectivity index (χ0) is 11.1. The Kier molecular flexibility index (Phi) is 4.42. The average Bonchev–Trinajstić information content (AvgIpc) is 2.64. The average molecular weight is 206 g/mol. The second kappa shape index (κ2) is 5.86. The van der Waals surface area contributed by atoms with Gasteiger partial charge in [0.1, 0.15) is 0 Å². The topological polar surface area (TPSA) is 55.1 Å². The highest BCUT2D eigenvalue weighted by molar-refractivity contribution is 5.92. The molecule has 4 nitrogen and oxygen atoms in total. The minimum atomic E-state index is -0.217. The van der Waals surface area contributed by atoms with Gasteiger partial charge in [0.05, 0.1) is 5.69 Å². The quantitative estimate of drug-likeness (QED) is 0.587. The third kappa shape index (κ3) is 3.47. The highest BCUT2D eigenvalue weighted by Crippen LogP contribution is 2.04. The van der Waals surface area contributed by atoms with Gasteiger partial charge in [0.2, 0.25) is 5.76 Å². The number of hydrogen-bond acceptors (Lipinski definition) is 3. The summed E-state index contributed by atoms with van der Waals surface area (Å²) in [6.45, 7) is 2.34. The second-order valence-corrected chi connectivity index (χ2v) is 3.18. The van der Waals surface area contributed by atoms with Crippen LogP contribution >= 0.6 is 0 Å². The molecule has 0 spiro atoms. The monoisotopic (exact) mass is 206 g/mol. The molecule has 1 rings (SSSR count). The lowest BCUT2D eigenvalue weighted by Gasteiger charge is -2.01. The van der Waals surface area contributed by atoms with Gasteiger partial charge in [0, 0.05) is 13.0 Å². The van der Waals surface area contributed by atoms with Crippen LogP contribution in [0.15, 0.2) is 10.8 Å². The standard InChI is InChI=1S/C11H14N2O2/c1-3-4-5-6-7-12-11(14)10-9(2)13-8-15-10/h1,8H,4-7H2,2H3,(H,12,14). The zero-order valence-corrected chi connectivity index (χ0v) is 8.75. The number of amides is 1. The van der Waals surface area contributed by atoms with Crippen molar-refractivity contribution in [1.82, 2.24) is 10.3 Å². The number of unbranched alkanes of at least 4 members (excludes halogenated alkanes) is 2. The molecule has 0 aliphatic carbocycles. The fraction of sp³-hybridized carbons (Fsp3) is 0.455. The highest BCUT2D eigenvalue weighted by atomic mass is 16.3. The molecule has 0 bridgehead atoms. The molecule has 1 aromatic heterocycles. The fourth-order valence-corrected chi connectivity index (χ4v) is 1.15. The zero-order valence-electron chi connectivity index (χ0n) is 8.75. The summed E-state index contributed by atoms with van der Waals surface area (Å²) in [4.78, 5) is 15.3. The summed E-state index contributed by atoms with van der Waals surface area (Å²) in [7, 11) is 0. The number of carbonyl (C=O) groups is 1. The van der Waals surface area contributed by atoms with Crippen LogP contribution in [0.1, 0.15) is 35.5 Å². The van der Waals surface area contributed by atoms with Gasteiger partial charge in [-0.25, -0.2) is 4.98 Å². The van der Waals surface area contributed by atoms with Gasteiger partial charge in [-0.3, -0.25) is 4.79 Å². The van der Waals surface area contributed by atoms with Crippen LogP contribution in [0.2, 0.25) is 0 Å². The van der Waals surface area contributed by atoms with E-state index in [4.69, 9.17) is 10.8 Å². The predicted octanol–water partition coefficient (Wildman–Crippen LogP) is 1.52. The summed E-state index contributed by atoms with van der Waals surface area (Å²) < 4.78 is 4.95. The molecule has 0 radical (unpaired) electrons. The van der Waals surface area contributed by atoms with E-state index < -0.39 is 0 Å². The minimum absolute atomic E-state index is 0.217. The molecule has 0 atom stereocenters. The normalized spacial score (nSPS) is 9.60. The van der Waals surface area contributed by atoms with E-state index >= 15 is 0 Å². The van der Waals surface area contributed by atoms with Crippen molar-refractivity contribution in [1.29, 1.82) is 0 Å². The first-order valence-corrected chi connectivity index (χ1v) is 4.87. The Morgan fingerprint density at radius 3 is 3.07 bits per heavy atom. The van der Waals surface area contributed by atoms with E-state index in [0.717, 1.165) is 19.3 Å². The summed E-state index contributed by atoms with van der Waals surface area (Å²) in [6.07, 6.45) is 8.92. The Labute approximate surface area is 89.1 Å². The fourth-order valence-electron chi connectivity index (χ4n) is 1.15. The number of nitrogens with zero attached hydrogens (tertiary/aromatic N) is 1. The van der Waals surface area contributed by atoms with Crippen LogP contribution in [0.5, 0.6) is 0 Å². The maximum atomic E-state index is 11.5. The lowest BCUT2D eigenvalue weighted by molar-refractivity contribution is 0.0924. The second-order valence-electron chi connectivity index (χ2n) is 3.18. The molecule has 15 heavy (non-hydrogen) atoms. The molecule has 0 saturated carbocycles. The van der Waals surface area contributed by atoms with Gasteiger partial charge in [-0.15, -0.1) is 12.3 Å². The van der Waals surface area contributed by atoms with Crippen LogP contribution in [0.4, 0.5) is 0 Å². The Hall–Kier alpha value is -1.76. The van der Waals surface area contributed by atoms with Gasteiger partial charge in [0.15, 0.2) is 6.39 Å². The van der Waals surface area contributed by atoms with Crippen LogP contribution in [0.3, 0.4) is 0 Å². The third-order valence-electron chi connectivity index (χ3n) is 1.99. The summed E-state index contributed by atoms with van der Waals surface area (Å²) in [5.74, 6) is 2.62. The summed E-state index contributed by atoms with van der Waals surface area (Å²) in [5, 5.41) is 2.74. The Morgan fingerprint density at radius 1 is 1.67 bits per heavy atom. The molecule has 4 heteroatoms. The maximum absolute atomic E-state index is 11.5. The molecular weight excluding hydrogens is 192 g/mol. The maximum Gasteiger partial charge on any atom is 0.288 e. The van der Waals surface area contributed by atoms with E-state index in [0.29, 0.717) is 12.2 Å². The SMILES string of the molecule is C#CCCCCNC(=O)c1ocnc1C. The molecule has 0 aliphatic rings. The van der Waals surface area contributed by atoms with Gasteiger partial charge < -0.3 is 9.73 Å². The summed E-state index contributed by atoms with van der Waals surface area (Å²) in [6, 6.07) is 0. The summed E-state index contributed by atoms with van der Waals surface area (Å²) >= 11 is 0. The number of nitrogens with one attached hydrogen (secondary N) is 1. The lowest BCUT2D eigenvalue weighted by atomic mass is 10.2. The van der Waals surface area contributed by atoms with E-state index in [2.05, 4.69) is 16.2 Å². The predicted molar refractivity (Wildman–Crippen MR) is 56.3 cm³/mol. The van der Waals surface area contributed by atoms with Gasteiger partial charge in [0.25, 0.3) is 5.91 Å². The first-order valence-electron chi connectivity index (χ1n) is 4.87. The third-order valence-corrected chi connectivity index (χ3v) is 1.99. The van der Waals surface area contributed by atoms with Gasteiger partial charge in [-0.2, -0.15) is 0 Å². The first kappa shape index (κ1) is 11.3. The van der Waals surface area contributed by atoms with Crippen molar-refractivity contribution < 1.29 is 9.21 Å². The molecule has 1 N–H and O–H groups in total. The van der Waals surface area contributed by atoms with E-state index in [9.17, 15) is 4.79 Å². The molecule has 0 aliphatic heterocycles. The smallest absolute Gasteiger partial charge is 0.288 e. The number of hydrogen-bond donors (Lipinski definition) is 1. The van der Waals surface area contributed by atoms with Crippen LogP contribution in [0.25, 0.3) is 0 Å². The van der Waals surface area contributed by atoms with Crippen molar-refractivity contribution in [2.75, 3.05) is 6.54 Å².